The Morgan fingerprint density at radius 2 is 2.50 bits per heavy atom. The molecule has 2 nitrogen and oxygen atoms in total. The van der Waals surface area contributed by atoms with E-state index in [0.29, 0.717) is 0 Å². The molecule has 0 bridgehead atoms. The Bertz CT molecular complexity index is 265. The molecule has 0 aromatic carbocycles. The van der Waals surface area contributed by atoms with E-state index in [1.165, 1.54) is 5.57 Å². The van der Waals surface area contributed by atoms with Crippen molar-refractivity contribution in [3.8, 4) is 0 Å². The summed E-state index contributed by atoms with van der Waals surface area (Å²) in [6, 6.07) is 0. The maximum absolute atomic E-state index is 4.29. The molecule has 66 valence electrons. The van der Waals surface area contributed by atoms with Gasteiger partial charge in [-0.1, -0.05) is 5.57 Å². The van der Waals surface area contributed by atoms with Crippen LogP contribution in [0.5, 0.6) is 0 Å². The molecule has 0 saturated carbocycles. The van der Waals surface area contributed by atoms with Gasteiger partial charge in [-0.15, -0.1) is 17.9 Å². The molecule has 3 heteroatoms. The van der Waals surface area contributed by atoms with Crippen LogP contribution >= 0.6 is 11.3 Å². The van der Waals surface area contributed by atoms with Crippen LogP contribution in [0, 0.1) is 6.92 Å². The molecule has 0 saturated heterocycles. The van der Waals surface area contributed by atoms with Gasteiger partial charge < -0.3 is 5.32 Å². The Morgan fingerprint density at radius 1 is 1.75 bits per heavy atom. The molecule has 1 N–H and O–H groups in total. The zero-order valence-corrected chi connectivity index (χ0v) is 8.37. The topological polar surface area (TPSA) is 24.9 Å². The first-order valence-electron chi connectivity index (χ1n) is 3.99. The Balaban J connectivity index is 2.29. The summed E-state index contributed by atoms with van der Waals surface area (Å²) in [6.07, 6.45) is 1.01. The lowest BCUT2D eigenvalue weighted by Crippen LogP contribution is -2.00. The van der Waals surface area contributed by atoms with E-state index < -0.39 is 0 Å². The Hall–Kier alpha value is -0.830. The molecule has 0 fully saturated rings. The second kappa shape index (κ2) is 4.26. The van der Waals surface area contributed by atoms with Gasteiger partial charge in [-0.05, 0) is 20.3 Å². The highest BCUT2D eigenvalue weighted by atomic mass is 32.1. The van der Waals surface area contributed by atoms with Gasteiger partial charge in [0.25, 0.3) is 0 Å². The van der Waals surface area contributed by atoms with Crippen molar-refractivity contribution >= 4 is 16.5 Å². The lowest BCUT2D eigenvalue weighted by molar-refractivity contribution is 0.996. The summed E-state index contributed by atoms with van der Waals surface area (Å²) in [5.74, 6) is 0. The average molecular weight is 182 g/mol. The number of thiazole rings is 1. The molecule has 0 amide bonds. The summed E-state index contributed by atoms with van der Waals surface area (Å²) >= 11 is 1.65. The third-order valence-corrected chi connectivity index (χ3v) is 2.36. The fraction of sp³-hybridized carbons (Fsp3) is 0.444. The second-order valence-electron chi connectivity index (χ2n) is 2.93. The summed E-state index contributed by atoms with van der Waals surface area (Å²) < 4.78 is 0. The van der Waals surface area contributed by atoms with E-state index in [1.54, 1.807) is 11.3 Å². The second-order valence-corrected chi connectivity index (χ2v) is 3.79. The van der Waals surface area contributed by atoms with Crippen molar-refractivity contribution in [3.63, 3.8) is 0 Å². The smallest absolute Gasteiger partial charge is 0.182 e. The number of aryl methyl sites for hydroxylation is 1. The summed E-state index contributed by atoms with van der Waals surface area (Å²) in [7, 11) is 0. The fourth-order valence-electron chi connectivity index (χ4n) is 0.818. The number of nitrogens with zero attached hydrogens (tertiary/aromatic N) is 1. The first-order valence-corrected chi connectivity index (χ1v) is 4.87. The van der Waals surface area contributed by atoms with Crippen LogP contribution in [0.25, 0.3) is 0 Å². The van der Waals surface area contributed by atoms with Crippen molar-refractivity contribution in [3.05, 3.63) is 23.2 Å². The quantitative estimate of drug-likeness (QED) is 0.724. The van der Waals surface area contributed by atoms with Crippen molar-refractivity contribution in [2.45, 2.75) is 20.3 Å². The predicted molar refractivity (Wildman–Crippen MR) is 54.8 cm³/mol. The van der Waals surface area contributed by atoms with Gasteiger partial charge in [0.2, 0.25) is 0 Å². The van der Waals surface area contributed by atoms with Gasteiger partial charge in [0.1, 0.15) is 0 Å². The molecular formula is C9H14N2S. The van der Waals surface area contributed by atoms with Gasteiger partial charge in [0, 0.05) is 11.9 Å². The Morgan fingerprint density at radius 3 is 3.00 bits per heavy atom. The van der Waals surface area contributed by atoms with Crippen LogP contribution in [-0.2, 0) is 0 Å². The average Bonchev–Trinajstić information content (AvgIpc) is 2.35. The number of aromatic nitrogens is 1. The molecule has 0 aliphatic carbocycles. The standard InChI is InChI=1S/C9H14N2S/c1-7(2)4-5-10-9-11-8(3)6-12-9/h6H,1,4-5H2,2-3H3,(H,10,11). The van der Waals surface area contributed by atoms with Crippen molar-refractivity contribution < 1.29 is 0 Å². The van der Waals surface area contributed by atoms with E-state index in [2.05, 4.69) is 16.9 Å². The third-order valence-electron chi connectivity index (χ3n) is 1.45. The molecular weight excluding hydrogens is 168 g/mol. The first-order chi connectivity index (χ1) is 5.68. The molecule has 0 aliphatic heterocycles. The minimum absolute atomic E-state index is 0.933. The maximum atomic E-state index is 4.29. The van der Waals surface area contributed by atoms with Crippen LogP contribution in [0.15, 0.2) is 17.5 Å². The lowest BCUT2D eigenvalue weighted by Gasteiger charge is -2.00. The number of hydrogen-bond acceptors (Lipinski definition) is 3. The predicted octanol–water partition coefficient (Wildman–Crippen LogP) is 2.83. The number of rotatable bonds is 4. The molecule has 1 heterocycles. The summed E-state index contributed by atoms with van der Waals surface area (Å²) in [5, 5.41) is 6.30. The molecule has 0 radical (unpaired) electrons. The zero-order chi connectivity index (χ0) is 8.97. The summed E-state index contributed by atoms with van der Waals surface area (Å²) in [5.41, 5.74) is 2.29. The number of nitrogens with one attached hydrogen (secondary N) is 1. The highest BCUT2D eigenvalue weighted by Crippen LogP contribution is 2.14. The fourth-order valence-corrected chi connectivity index (χ4v) is 1.53. The molecule has 0 unspecified atom stereocenters. The molecule has 12 heavy (non-hydrogen) atoms. The highest BCUT2D eigenvalue weighted by Gasteiger charge is 1.95. The van der Waals surface area contributed by atoms with Crippen LogP contribution in [0.2, 0.25) is 0 Å². The van der Waals surface area contributed by atoms with Crippen LogP contribution < -0.4 is 5.32 Å². The van der Waals surface area contributed by atoms with Crippen LogP contribution in [0.3, 0.4) is 0 Å². The minimum atomic E-state index is 0.933. The van der Waals surface area contributed by atoms with Gasteiger partial charge in [-0.25, -0.2) is 4.98 Å². The normalized spacial score (nSPS) is 9.83. The van der Waals surface area contributed by atoms with Crippen molar-refractivity contribution in [2.75, 3.05) is 11.9 Å². The largest absolute Gasteiger partial charge is 0.361 e. The van der Waals surface area contributed by atoms with Crippen LogP contribution in [0.4, 0.5) is 5.13 Å². The maximum Gasteiger partial charge on any atom is 0.182 e. The van der Waals surface area contributed by atoms with Crippen molar-refractivity contribution in [1.82, 2.24) is 4.98 Å². The Labute approximate surface area is 77.3 Å². The highest BCUT2D eigenvalue weighted by molar-refractivity contribution is 7.13. The van der Waals surface area contributed by atoms with E-state index in [-0.39, 0.29) is 0 Å². The molecule has 1 aromatic rings. The van der Waals surface area contributed by atoms with Gasteiger partial charge in [0.15, 0.2) is 5.13 Å². The molecule has 1 rings (SSSR count). The Kier molecular flexibility index (Phi) is 3.29. The number of anilines is 1. The summed E-state index contributed by atoms with van der Waals surface area (Å²) in [6.45, 7) is 8.80. The third kappa shape index (κ3) is 3.05. The minimum Gasteiger partial charge on any atom is -0.361 e. The van der Waals surface area contributed by atoms with E-state index in [9.17, 15) is 0 Å². The monoisotopic (exact) mass is 182 g/mol. The molecule has 0 aliphatic rings. The van der Waals surface area contributed by atoms with Crippen LogP contribution in [0.1, 0.15) is 19.0 Å². The van der Waals surface area contributed by atoms with Crippen molar-refractivity contribution in [2.24, 2.45) is 0 Å². The van der Waals surface area contributed by atoms with Gasteiger partial charge in [-0.3, -0.25) is 0 Å². The molecule has 0 atom stereocenters. The molecule has 0 spiro atoms. The van der Waals surface area contributed by atoms with E-state index in [1.807, 2.05) is 19.2 Å². The van der Waals surface area contributed by atoms with E-state index >= 15 is 0 Å². The van der Waals surface area contributed by atoms with E-state index in [4.69, 9.17) is 0 Å². The number of hydrogen-bond donors (Lipinski definition) is 1. The SMILES string of the molecule is C=C(C)CCNc1nc(C)cs1. The molecule has 1 aromatic heterocycles. The van der Waals surface area contributed by atoms with Gasteiger partial charge in [-0.2, -0.15) is 0 Å². The van der Waals surface area contributed by atoms with Gasteiger partial charge in [0.05, 0.1) is 5.69 Å². The van der Waals surface area contributed by atoms with E-state index in [0.717, 1.165) is 23.8 Å². The zero-order valence-electron chi connectivity index (χ0n) is 7.55. The lowest BCUT2D eigenvalue weighted by atomic mass is 10.2. The first kappa shape index (κ1) is 9.26. The summed E-state index contributed by atoms with van der Waals surface area (Å²) in [4.78, 5) is 4.29. The van der Waals surface area contributed by atoms with Crippen molar-refractivity contribution in [1.29, 1.82) is 0 Å². The van der Waals surface area contributed by atoms with Gasteiger partial charge >= 0.3 is 0 Å². The van der Waals surface area contributed by atoms with Crippen LogP contribution in [-0.4, -0.2) is 11.5 Å².